The Hall–Kier alpha value is -1.06. The van der Waals surface area contributed by atoms with Gasteiger partial charge in [0.15, 0.2) is 0 Å². The Balaban J connectivity index is 2.58. The standard InChI is InChI=1S/C16H27NO2/c1-12(2)14-7-6-13(15(10-14)19-5)8-9-17-11-16(3,4)18/h6-7,10,12,17-18H,8-9,11H2,1-5H3. The number of nitrogens with one attached hydrogen (secondary N) is 1. The second-order valence-corrected chi connectivity index (χ2v) is 5.97. The van der Waals surface area contributed by atoms with Crippen molar-refractivity contribution in [3.05, 3.63) is 29.3 Å². The Morgan fingerprint density at radius 2 is 2.00 bits per heavy atom. The predicted molar refractivity (Wildman–Crippen MR) is 80.0 cm³/mol. The van der Waals surface area contributed by atoms with E-state index in [4.69, 9.17) is 4.74 Å². The number of benzene rings is 1. The van der Waals surface area contributed by atoms with Crippen molar-refractivity contribution in [1.82, 2.24) is 5.32 Å². The van der Waals surface area contributed by atoms with Crippen LogP contribution in [0.3, 0.4) is 0 Å². The van der Waals surface area contributed by atoms with Crippen LogP contribution in [0.15, 0.2) is 18.2 Å². The molecular formula is C16H27NO2. The summed E-state index contributed by atoms with van der Waals surface area (Å²) >= 11 is 0. The van der Waals surface area contributed by atoms with Crippen LogP contribution in [0.25, 0.3) is 0 Å². The lowest BCUT2D eigenvalue weighted by Crippen LogP contribution is -2.35. The molecule has 0 unspecified atom stereocenters. The van der Waals surface area contributed by atoms with Crippen LogP contribution in [-0.4, -0.2) is 30.9 Å². The van der Waals surface area contributed by atoms with Crippen molar-refractivity contribution < 1.29 is 9.84 Å². The lowest BCUT2D eigenvalue weighted by molar-refractivity contribution is 0.0801. The SMILES string of the molecule is COc1cc(C(C)C)ccc1CCNCC(C)(C)O. The van der Waals surface area contributed by atoms with Gasteiger partial charge < -0.3 is 15.2 Å². The Kier molecular flexibility index (Phi) is 5.83. The molecule has 0 fully saturated rings. The minimum atomic E-state index is -0.661. The first-order valence-electron chi connectivity index (χ1n) is 6.93. The molecule has 108 valence electrons. The zero-order valence-electron chi connectivity index (χ0n) is 12.8. The summed E-state index contributed by atoms with van der Waals surface area (Å²) in [5, 5.41) is 12.9. The Labute approximate surface area is 117 Å². The number of rotatable bonds is 7. The highest BCUT2D eigenvalue weighted by atomic mass is 16.5. The van der Waals surface area contributed by atoms with Gasteiger partial charge in [-0.15, -0.1) is 0 Å². The highest BCUT2D eigenvalue weighted by Gasteiger charge is 2.11. The van der Waals surface area contributed by atoms with E-state index in [9.17, 15) is 5.11 Å². The Morgan fingerprint density at radius 3 is 2.53 bits per heavy atom. The fourth-order valence-corrected chi connectivity index (χ4v) is 1.94. The second kappa shape index (κ2) is 6.92. The predicted octanol–water partition coefficient (Wildman–Crippen LogP) is 2.72. The van der Waals surface area contributed by atoms with Crippen LogP contribution < -0.4 is 10.1 Å². The van der Waals surface area contributed by atoms with Crippen molar-refractivity contribution in [2.45, 2.75) is 45.6 Å². The summed E-state index contributed by atoms with van der Waals surface area (Å²) in [4.78, 5) is 0. The summed E-state index contributed by atoms with van der Waals surface area (Å²) in [6.45, 7) is 9.40. The molecule has 0 saturated heterocycles. The van der Waals surface area contributed by atoms with Gasteiger partial charge in [0.25, 0.3) is 0 Å². The average Bonchev–Trinajstić information content (AvgIpc) is 2.33. The highest BCUT2D eigenvalue weighted by molar-refractivity contribution is 5.38. The van der Waals surface area contributed by atoms with Crippen molar-refractivity contribution in [3.8, 4) is 5.75 Å². The molecule has 2 N–H and O–H groups in total. The Bertz CT molecular complexity index is 394. The average molecular weight is 265 g/mol. The maximum atomic E-state index is 9.63. The van der Waals surface area contributed by atoms with Crippen LogP contribution in [0.1, 0.15) is 44.7 Å². The van der Waals surface area contributed by atoms with Crippen molar-refractivity contribution in [2.75, 3.05) is 20.2 Å². The normalized spacial score (nSPS) is 11.9. The Morgan fingerprint density at radius 1 is 1.32 bits per heavy atom. The molecule has 0 heterocycles. The van der Waals surface area contributed by atoms with Crippen LogP contribution >= 0.6 is 0 Å². The molecule has 0 aliphatic carbocycles. The zero-order valence-corrected chi connectivity index (χ0v) is 12.8. The third-order valence-electron chi connectivity index (χ3n) is 3.11. The van der Waals surface area contributed by atoms with Gasteiger partial charge in [0.1, 0.15) is 5.75 Å². The molecule has 3 nitrogen and oxygen atoms in total. The molecule has 1 aromatic rings. The number of aliphatic hydroxyl groups is 1. The van der Waals surface area contributed by atoms with Gasteiger partial charge in [-0.1, -0.05) is 26.0 Å². The largest absolute Gasteiger partial charge is 0.496 e. The van der Waals surface area contributed by atoms with Crippen molar-refractivity contribution >= 4 is 0 Å². The smallest absolute Gasteiger partial charge is 0.122 e. The van der Waals surface area contributed by atoms with Gasteiger partial charge in [-0.2, -0.15) is 0 Å². The molecule has 1 rings (SSSR count). The molecule has 0 saturated carbocycles. The molecule has 19 heavy (non-hydrogen) atoms. The maximum absolute atomic E-state index is 9.63. The molecular weight excluding hydrogens is 238 g/mol. The molecule has 0 radical (unpaired) electrons. The van der Waals surface area contributed by atoms with E-state index in [2.05, 4.69) is 37.4 Å². The monoisotopic (exact) mass is 265 g/mol. The third-order valence-corrected chi connectivity index (χ3v) is 3.11. The lowest BCUT2D eigenvalue weighted by Gasteiger charge is -2.18. The molecule has 0 spiro atoms. The topological polar surface area (TPSA) is 41.5 Å². The second-order valence-electron chi connectivity index (χ2n) is 5.97. The first-order valence-corrected chi connectivity index (χ1v) is 6.93. The van der Waals surface area contributed by atoms with E-state index in [1.54, 1.807) is 21.0 Å². The van der Waals surface area contributed by atoms with E-state index in [-0.39, 0.29) is 0 Å². The lowest BCUT2D eigenvalue weighted by atomic mass is 10.00. The first-order chi connectivity index (χ1) is 8.83. The van der Waals surface area contributed by atoms with E-state index in [0.717, 1.165) is 18.7 Å². The van der Waals surface area contributed by atoms with Crippen LogP contribution in [0.5, 0.6) is 5.75 Å². The molecule has 0 aliphatic heterocycles. The summed E-state index contributed by atoms with van der Waals surface area (Å²) in [5.74, 6) is 1.47. The molecule has 0 bridgehead atoms. The molecule has 1 aromatic carbocycles. The fourth-order valence-electron chi connectivity index (χ4n) is 1.94. The maximum Gasteiger partial charge on any atom is 0.122 e. The van der Waals surface area contributed by atoms with E-state index in [1.165, 1.54) is 11.1 Å². The van der Waals surface area contributed by atoms with Crippen LogP contribution in [-0.2, 0) is 6.42 Å². The van der Waals surface area contributed by atoms with E-state index in [1.807, 2.05) is 0 Å². The first kappa shape index (κ1) is 16.0. The van der Waals surface area contributed by atoms with Crippen LogP contribution in [0.2, 0.25) is 0 Å². The molecule has 0 atom stereocenters. The van der Waals surface area contributed by atoms with Gasteiger partial charge in [-0.25, -0.2) is 0 Å². The minimum Gasteiger partial charge on any atom is -0.496 e. The van der Waals surface area contributed by atoms with Gasteiger partial charge in [-0.3, -0.25) is 0 Å². The van der Waals surface area contributed by atoms with Crippen molar-refractivity contribution in [2.24, 2.45) is 0 Å². The molecule has 3 heteroatoms. The van der Waals surface area contributed by atoms with Gasteiger partial charge in [0.2, 0.25) is 0 Å². The molecule has 0 aromatic heterocycles. The zero-order chi connectivity index (χ0) is 14.5. The van der Waals surface area contributed by atoms with Gasteiger partial charge in [0, 0.05) is 6.54 Å². The van der Waals surface area contributed by atoms with E-state index >= 15 is 0 Å². The highest BCUT2D eigenvalue weighted by Crippen LogP contribution is 2.24. The van der Waals surface area contributed by atoms with Crippen molar-refractivity contribution in [1.29, 1.82) is 0 Å². The summed E-state index contributed by atoms with van der Waals surface area (Å²) in [5.41, 5.74) is 1.84. The van der Waals surface area contributed by atoms with E-state index in [0.29, 0.717) is 12.5 Å². The molecule has 0 aliphatic rings. The summed E-state index contributed by atoms with van der Waals surface area (Å²) in [7, 11) is 1.72. The quantitative estimate of drug-likeness (QED) is 0.745. The summed E-state index contributed by atoms with van der Waals surface area (Å²) < 4.78 is 5.46. The number of hydrogen-bond donors (Lipinski definition) is 2. The number of hydrogen-bond acceptors (Lipinski definition) is 3. The van der Waals surface area contributed by atoms with Crippen molar-refractivity contribution in [3.63, 3.8) is 0 Å². The van der Waals surface area contributed by atoms with Gasteiger partial charge >= 0.3 is 0 Å². The summed E-state index contributed by atoms with van der Waals surface area (Å²) in [6, 6.07) is 6.43. The number of ether oxygens (including phenoxy) is 1. The number of methoxy groups -OCH3 is 1. The van der Waals surface area contributed by atoms with Gasteiger partial charge in [0.05, 0.1) is 12.7 Å². The molecule has 0 amide bonds. The third kappa shape index (κ3) is 5.62. The minimum absolute atomic E-state index is 0.510. The van der Waals surface area contributed by atoms with E-state index < -0.39 is 5.60 Å². The van der Waals surface area contributed by atoms with Gasteiger partial charge in [-0.05, 0) is 49.9 Å². The fraction of sp³-hybridized carbons (Fsp3) is 0.625. The summed E-state index contributed by atoms with van der Waals surface area (Å²) in [6.07, 6.45) is 0.900. The van der Waals surface area contributed by atoms with Crippen LogP contribution in [0, 0.1) is 0 Å². The van der Waals surface area contributed by atoms with Crippen LogP contribution in [0.4, 0.5) is 0 Å².